The molecule has 1 saturated heterocycles. The van der Waals surface area contributed by atoms with Gasteiger partial charge in [0.05, 0.1) is 10.6 Å². The zero-order valence-corrected chi connectivity index (χ0v) is 15.2. The van der Waals surface area contributed by atoms with Gasteiger partial charge in [0.25, 0.3) is 10.0 Å². The van der Waals surface area contributed by atoms with Crippen molar-refractivity contribution in [1.29, 1.82) is 0 Å². The van der Waals surface area contributed by atoms with Crippen molar-refractivity contribution in [3.05, 3.63) is 59.9 Å². The van der Waals surface area contributed by atoms with Crippen LogP contribution in [0.25, 0.3) is 0 Å². The largest absolute Gasteiger partial charge is 0.366 e. The maximum atomic E-state index is 13.9. The predicted octanol–water partition coefficient (Wildman–Crippen LogP) is 2.02. The lowest BCUT2D eigenvalue weighted by Crippen LogP contribution is -2.55. The average Bonchev–Trinajstić information content (AvgIpc) is 2.64. The second-order valence-corrected chi connectivity index (χ2v) is 7.88. The van der Waals surface area contributed by atoms with E-state index in [1.54, 1.807) is 30.3 Å². The molecule has 0 spiro atoms. The number of para-hydroxylation sites is 1. The van der Waals surface area contributed by atoms with Crippen LogP contribution in [-0.2, 0) is 14.8 Å². The highest BCUT2D eigenvalue weighted by Gasteiger charge is 2.31. The molecule has 0 N–H and O–H groups in total. The molecule has 8 heteroatoms. The van der Waals surface area contributed by atoms with Gasteiger partial charge in [-0.2, -0.15) is 12.8 Å². The van der Waals surface area contributed by atoms with Crippen LogP contribution in [0.5, 0.6) is 0 Å². The first-order valence-corrected chi connectivity index (χ1v) is 9.68. The highest BCUT2D eigenvalue weighted by molar-refractivity contribution is 7.89. The topological polar surface area (TPSA) is 60.9 Å². The van der Waals surface area contributed by atoms with E-state index < -0.39 is 10.0 Å². The monoisotopic (exact) mass is 377 g/mol. The van der Waals surface area contributed by atoms with Gasteiger partial charge in [-0.05, 0) is 31.2 Å². The molecule has 0 aliphatic carbocycles. The van der Waals surface area contributed by atoms with E-state index in [9.17, 15) is 17.6 Å². The van der Waals surface area contributed by atoms with Gasteiger partial charge in [0.2, 0.25) is 6.41 Å². The molecular formula is C18H20FN3O3S. The number of halogens is 1. The van der Waals surface area contributed by atoms with E-state index in [0.29, 0.717) is 25.2 Å². The zero-order valence-electron chi connectivity index (χ0n) is 14.4. The van der Waals surface area contributed by atoms with Crippen LogP contribution in [0.4, 0.5) is 10.1 Å². The summed E-state index contributed by atoms with van der Waals surface area (Å²) < 4.78 is 40.2. The smallest absolute Gasteiger partial charge is 0.280 e. The van der Waals surface area contributed by atoms with Gasteiger partial charge in [-0.15, -0.1) is 0 Å². The minimum atomic E-state index is -3.96. The molecule has 2 aromatic carbocycles. The van der Waals surface area contributed by atoms with Crippen molar-refractivity contribution < 1.29 is 17.6 Å². The Morgan fingerprint density at radius 3 is 2.19 bits per heavy atom. The Balaban J connectivity index is 1.75. The summed E-state index contributed by atoms with van der Waals surface area (Å²) in [6.07, 6.45) is 0.313. The molecule has 0 saturated carbocycles. The maximum Gasteiger partial charge on any atom is 0.280 e. The number of piperazine rings is 1. The molecule has 1 heterocycles. The second-order valence-electron chi connectivity index (χ2n) is 6.09. The number of hydrogen-bond acceptors (Lipinski definition) is 5. The minimum Gasteiger partial charge on any atom is -0.366 e. The Kier molecular flexibility index (Phi) is 5.24. The summed E-state index contributed by atoms with van der Waals surface area (Å²) >= 11 is 0. The van der Waals surface area contributed by atoms with Gasteiger partial charge < -0.3 is 4.90 Å². The Bertz CT molecular complexity index is 879. The van der Waals surface area contributed by atoms with Gasteiger partial charge in [0.15, 0.2) is 0 Å². The fraction of sp³-hybridized carbons (Fsp3) is 0.278. The van der Waals surface area contributed by atoms with E-state index in [1.165, 1.54) is 23.2 Å². The summed E-state index contributed by atoms with van der Waals surface area (Å²) in [6, 6.07) is 12.8. The minimum absolute atomic E-state index is 0.0618. The fourth-order valence-electron chi connectivity index (χ4n) is 2.94. The van der Waals surface area contributed by atoms with Crippen LogP contribution in [-0.4, -0.2) is 50.4 Å². The lowest BCUT2D eigenvalue weighted by Gasteiger charge is -2.39. The van der Waals surface area contributed by atoms with Gasteiger partial charge in [-0.3, -0.25) is 4.79 Å². The molecule has 1 aliphatic heterocycles. The number of hydrazine groups is 1. The number of aryl methyl sites for hydroxylation is 1. The van der Waals surface area contributed by atoms with Crippen molar-refractivity contribution in [2.45, 2.75) is 11.8 Å². The molecule has 3 rings (SSSR count). The molecule has 0 radical (unpaired) electrons. The quantitative estimate of drug-likeness (QED) is 0.746. The molecule has 1 aliphatic rings. The molecular weight excluding hydrogens is 357 g/mol. The molecule has 2 aromatic rings. The molecule has 1 fully saturated rings. The molecule has 0 bridgehead atoms. The van der Waals surface area contributed by atoms with Gasteiger partial charge >= 0.3 is 0 Å². The Hall–Kier alpha value is -2.45. The third-order valence-corrected chi connectivity index (χ3v) is 6.06. The summed E-state index contributed by atoms with van der Waals surface area (Å²) in [7, 11) is -3.96. The number of benzene rings is 2. The summed E-state index contributed by atoms with van der Waals surface area (Å²) in [6.45, 7) is 3.26. The summed E-state index contributed by atoms with van der Waals surface area (Å²) in [5.41, 5.74) is 1.41. The molecule has 0 unspecified atom stereocenters. The summed E-state index contributed by atoms with van der Waals surface area (Å²) in [5.74, 6) is -0.319. The average molecular weight is 377 g/mol. The van der Waals surface area contributed by atoms with E-state index in [-0.39, 0.29) is 23.8 Å². The fourth-order valence-corrected chi connectivity index (χ4v) is 4.21. The number of amides is 1. The van der Waals surface area contributed by atoms with Crippen molar-refractivity contribution in [1.82, 2.24) is 9.42 Å². The van der Waals surface area contributed by atoms with Crippen LogP contribution in [0.2, 0.25) is 0 Å². The van der Waals surface area contributed by atoms with Crippen molar-refractivity contribution in [3.8, 4) is 0 Å². The van der Waals surface area contributed by atoms with Crippen molar-refractivity contribution >= 4 is 22.1 Å². The van der Waals surface area contributed by atoms with Gasteiger partial charge in [0.1, 0.15) is 5.82 Å². The Morgan fingerprint density at radius 1 is 1.00 bits per heavy atom. The van der Waals surface area contributed by atoms with Crippen molar-refractivity contribution in [3.63, 3.8) is 0 Å². The molecule has 6 nitrogen and oxygen atoms in total. The van der Waals surface area contributed by atoms with E-state index in [2.05, 4.69) is 0 Å². The molecule has 26 heavy (non-hydrogen) atoms. The Labute approximate surface area is 152 Å². The van der Waals surface area contributed by atoms with Crippen molar-refractivity contribution in [2.75, 3.05) is 31.1 Å². The highest BCUT2D eigenvalue weighted by atomic mass is 32.2. The number of hydrogen-bond donors (Lipinski definition) is 0. The molecule has 0 atom stereocenters. The first-order valence-electron chi connectivity index (χ1n) is 8.24. The van der Waals surface area contributed by atoms with Gasteiger partial charge in [-0.1, -0.05) is 29.8 Å². The van der Waals surface area contributed by atoms with E-state index in [4.69, 9.17) is 0 Å². The van der Waals surface area contributed by atoms with Gasteiger partial charge in [0, 0.05) is 26.2 Å². The number of nitrogens with zero attached hydrogens (tertiary/aromatic N) is 3. The van der Waals surface area contributed by atoms with Crippen LogP contribution in [0, 0.1) is 12.7 Å². The Morgan fingerprint density at radius 2 is 1.62 bits per heavy atom. The normalized spacial score (nSPS) is 15.7. The summed E-state index contributed by atoms with van der Waals surface area (Å²) in [5, 5.41) is 1.47. The number of sulfonamides is 1. The lowest BCUT2D eigenvalue weighted by atomic mass is 10.2. The first-order chi connectivity index (χ1) is 12.4. The lowest BCUT2D eigenvalue weighted by molar-refractivity contribution is -0.124. The standard InChI is InChI=1S/C18H20FN3O3S/c1-15-6-8-16(9-7-15)26(24,25)22(14-23)21-12-10-20(11-13-21)18-5-3-2-4-17(18)19/h2-9,14H,10-13H2,1H3. The van der Waals surface area contributed by atoms with Crippen LogP contribution >= 0.6 is 0 Å². The van der Waals surface area contributed by atoms with Gasteiger partial charge in [-0.25, -0.2) is 9.40 Å². The van der Waals surface area contributed by atoms with E-state index >= 15 is 0 Å². The highest BCUT2D eigenvalue weighted by Crippen LogP contribution is 2.22. The van der Waals surface area contributed by atoms with Crippen LogP contribution in [0.15, 0.2) is 53.4 Å². The van der Waals surface area contributed by atoms with E-state index in [1.807, 2.05) is 11.8 Å². The number of rotatable bonds is 5. The second kappa shape index (κ2) is 7.43. The maximum absolute atomic E-state index is 13.9. The third kappa shape index (κ3) is 3.56. The van der Waals surface area contributed by atoms with Crippen LogP contribution < -0.4 is 4.90 Å². The number of carbonyl (C=O) groups is 1. The van der Waals surface area contributed by atoms with Crippen LogP contribution in [0.3, 0.4) is 0 Å². The first kappa shape index (κ1) is 18.3. The number of anilines is 1. The summed E-state index contributed by atoms with van der Waals surface area (Å²) in [4.78, 5) is 13.4. The third-order valence-electron chi connectivity index (χ3n) is 4.38. The van der Waals surface area contributed by atoms with Crippen LogP contribution in [0.1, 0.15) is 5.56 Å². The van der Waals surface area contributed by atoms with E-state index in [0.717, 1.165) is 9.98 Å². The SMILES string of the molecule is Cc1ccc(S(=O)(=O)N(C=O)N2CCN(c3ccccc3F)CC2)cc1. The number of carbonyl (C=O) groups excluding carboxylic acids is 1. The molecule has 138 valence electrons. The van der Waals surface area contributed by atoms with Crippen molar-refractivity contribution in [2.24, 2.45) is 0 Å². The molecule has 1 amide bonds. The zero-order chi connectivity index (χ0) is 18.7. The molecule has 0 aromatic heterocycles. The predicted molar refractivity (Wildman–Crippen MR) is 96.5 cm³/mol.